The molecule has 7 heteroatoms. The van der Waals surface area contributed by atoms with Crippen LogP contribution in [0.5, 0.6) is 0 Å². The van der Waals surface area contributed by atoms with Crippen LogP contribution in [0, 0.1) is 0 Å². The maximum absolute atomic E-state index is 11.8. The van der Waals surface area contributed by atoms with Gasteiger partial charge in [-0.15, -0.1) is 0 Å². The number of carboxylic acids is 1. The predicted molar refractivity (Wildman–Crippen MR) is 50.7 cm³/mol. The summed E-state index contributed by atoms with van der Waals surface area (Å²) in [5.74, 6) is -1.32. The average molecular weight is 252 g/mol. The van der Waals surface area contributed by atoms with E-state index in [0.29, 0.717) is 0 Å². The van der Waals surface area contributed by atoms with Crippen LogP contribution in [-0.4, -0.2) is 23.9 Å². The largest absolute Gasteiger partial charge is 0.475 e. The van der Waals surface area contributed by atoms with E-state index in [9.17, 15) is 18.0 Å². The summed E-state index contributed by atoms with van der Waals surface area (Å²) in [6.45, 7) is 0.995. The van der Waals surface area contributed by atoms with Crippen molar-refractivity contribution in [1.82, 2.24) is 0 Å². The zero-order valence-electron chi connectivity index (χ0n) is 8.95. The second kappa shape index (κ2) is 5.22. The van der Waals surface area contributed by atoms with Crippen molar-refractivity contribution in [3.05, 3.63) is 23.7 Å². The number of hydrogen-bond acceptors (Lipinski definition) is 3. The summed E-state index contributed by atoms with van der Waals surface area (Å²) in [5, 5.41) is 8.58. The second-order valence-corrected chi connectivity index (χ2v) is 3.39. The fourth-order valence-electron chi connectivity index (χ4n) is 1.12. The third-order valence-corrected chi connectivity index (χ3v) is 1.99. The second-order valence-electron chi connectivity index (χ2n) is 3.39. The normalized spacial score (nSPS) is 13.6. The summed E-state index contributed by atoms with van der Waals surface area (Å²) in [7, 11) is 0. The van der Waals surface area contributed by atoms with Gasteiger partial charge in [0.15, 0.2) is 0 Å². The van der Waals surface area contributed by atoms with Gasteiger partial charge in [0.2, 0.25) is 5.76 Å². The highest BCUT2D eigenvalue weighted by atomic mass is 19.4. The van der Waals surface area contributed by atoms with Crippen LogP contribution in [0.2, 0.25) is 0 Å². The highest BCUT2D eigenvalue weighted by molar-refractivity contribution is 5.84. The molecule has 0 radical (unpaired) electrons. The molecule has 0 aromatic carbocycles. The van der Waals surface area contributed by atoms with Crippen LogP contribution in [-0.2, 0) is 4.74 Å². The van der Waals surface area contributed by atoms with Crippen LogP contribution < -0.4 is 0 Å². The molecule has 0 spiro atoms. The van der Waals surface area contributed by atoms with Gasteiger partial charge in [-0.3, -0.25) is 0 Å². The summed E-state index contributed by atoms with van der Waals surface area (Å²) < 4.78 is 45.3. The van der Waals surface area contributed by atoms with Crippen molar-refractivity contribution in [3.63, 3.8) is 0 Å². The summed E-state index contributed by atoms with van der Waals surface area (Å²) in [4.78, 5) is 10.5. The molecule has 0 aliphatic rings. The molecule has 0 fully saturated rings. The number of halogens is 3. The SMILES string of the molecule is CC(OCCC(F)(F)F)c1ccc(C(=O)O)o1. The monoisotopic (exact) mass is 252 g/mol. The molecule has 0 bridgehead atoms. The molecule has 17 heavy (non-hydrogen) atoms. The van der Waals surface area contributed by atoms with Crippen LogP contribution in [0.4, 0.5) is 13.2 Å². The molecule has 0 saturated carbocycles. The van der Waals surface area contributed by atoms with Gasteiger partial charge in [-0.05, 0) is 19.1 Å². The summed E-state index contributed by atoms with van der Waals surface area (Å²) >= 11 is 0. The number of alkyl halides is 3. The number of aromatic carboxylic acids is 1. The van der Waals surface area contributed by atoms with E-state index < -0.39 is 31.3 Å². The first kappa shape index (κ1) is 13.6. The molecular weight excluding hydrogens is 241 g/mol. The molecule has 1 rings (SSSR count). The number of furan rings is 1. The Balaban J connectivity index is 2.46. The van der Waals surface area contributed by atoms with E-state index in [2.05, 4.69) is 0 Å². The Kier molecular flexibility index (Phi) is 4.17. The maximum atomic E-state index is 11.8. The van der Waals surface area contributed by atoms with Gasteiger partial charge >= 0.3 is 12.1 Å². The number of carboxylic acid groups (broad SMARTS) is 1. The van der Waals surface area contributed by atoms with Crippen molar-refractivity contribution in [2.75, 3.05) is 6.61 Å². The Morgan fingerprint density at radius 1 is 1.53 bits per heavy atom. The van der Waals surface area contributed by atoms with Gasteiger partial charge in [0.25, 0.3) is 0 Å². The highest BCUT2D eigenvalue weighted by Gasteiger charge is 2.27. The van der Waals surface area contributed by atoms with Gasteiger partial charge < -0.3 is 14.3 Å². The van der Waals surface area contributed by atoms with Crippen LogP contribution in [0.3, 0.4) is 0 Å². The molecule has 1 aromatic rings. The Bertz CT molecular complexity index is 383. The molecule has 1 heterocycles. The summed E-state index contributed by atoms with van der Waals surface area (Å²) in [5.41, 5.74) is 0. The van der Waals surface area contributed by atoms with Gasteiger partial charge in [0, 0.05) is 0 Å². The Morgan fingerprint density at radius 3 is 2.65 bits per heavy atom. The minimum atomic E-state index is -4.27. The molecule has 1 aromatic heterocycles. The molecule has 1 atom stereocenters. The van der Waals surface area contributed by atoms with Gasteiger partial charge in [0.05, 0.1) is 13.0 Å². The van der Waals surface area contributed by atoms with Crippen LogP contribution in [0.1, 0.15) is 35.8 Å². The van der Waals surface area contributed by atoms with E-state index in [0.717, 1.165) is 0 Å². The Labute approximate surface area is 95.0 Å². The van der Waals surface area contributed by atoms with E-state index in [1.54, 1.807) is 0 Å². The predicted octanol–water partition coefficient (Wildman–Crippen LogP) is 3.01. The lowest BCUT2D eigenvalue weighted by atomic mass is 10.3. The van der Waals surface area contributed by atoms with Crippen molar-refractivity contribution < 1.29 is 32.2 Å². The standard InChI is InChI=1S/C10H11F3O4/c1-6(16-5-4-10(11,12)13)7-2-3-8(17-7)9(14)15/h2-3,6H,4-5H2,1H3,(H,14,15). The molecule has 0 aliphatic heterocycles. The molecule has 0 amide bonds. The van der Waals surface area contributed by atoms with Gasteiger partial charge in [-0.25, -0.2) is 4.79 Å². The minimum absolute atomic E-state index is 0.185. The van der Waals surface area contributed by atoms with E-state index in [1.807, 2.05) is 0 Å². The molecule has 1 unspecified atom stereocenters. The van der Waals surface area contributed by atoms with Gasteiger partial charge in [0.1, 0.15) is 11.9 Å². The summed E-state index contributed by atoms with van der Waals surface area (Å²) in [6.07, 6.45) is -6.04. The van der Waals surface area contributed by atoms with Crippen molar-refractivity contribution in [3.8, 4) is 0 Å². The van der Waals surface area contributed by atoms with Crippen molar-refractivity contribution in [1.29, 1.82) is 0 Å². The lowest BCUT2D eigenvalue weighted by Crippen LogP contribution is -2.12. The molecule has 0 saturated heterocycles. The smallest absolute Gasteiger partial charge is 0.391 e. The summed E-state index contributed by atoms with van der Waals surface area (Å²) in [6, 6.07) is 2.59. The van der Waals surface area contributed by atoms with E-state index in [4.69, 9.17) is 14.3 Å². The van der Waals surface area contributed by atoms with Crippen molar-refractivity contribution >= 4 is 5.97 Å². The number of carbonyl (C=O) groups is 1. The first-order valence-corrected chi connectivity index (χ1v) is 4.81. The lowest BCUT2D eigenvalue weighted by Gasteiger charge is -2.11. The molecule has 0 aliphatic carbocycles. The first-order chi connectivity index (χ1) is 7.79. The van der Waals surface area contributed by atoms with Gasteiger partial charge in [-0.2, -0.15) is 13.2 Å². The number of ether oxygens (including phenoxy) is 1. The number of hydrogen-bond donors (Lipinski definition) is 1. The highest BCUT2D eigenvalue weighted by Crippen LogP contribution is 2.23. The third kappa shape index (κ3) is 4.48. The zero-order valence-corrected chi connectivity index (χ0v) is 8.95. The maximum Gasteiger partial charge on any atom is 0.391 e. The van der Waals surface area contributed by atoms with Crippen LogP contribution in [0.15, 0.2) is 16.5 Å². The average Bonchev–Trinajstić information content (AvgIpc) is 2.63. The molecule has 1 N–H and O–H groups in total. The van der Waals surface area contributed by atoms with E-state index >= 15 is 0 Å². The Hall–Kier alpha value is -1.50. The third-order valence-electron chi connectivity index (χ3n) is 1.99. The molecule has 4 nitrogen and oxygen atoms in total. The molecule has 96 valence electrons. The molecular formula is C10H11F3O4. The van der Waals surface area contributed by atoms with Crippen molar-refractivity contribution in [2.45, 2.75) is 25.6 Å². The van der Waals surface area contributed by atoms with Crippen LogP contribution >= 0.6 is 0 Å². The lowest BCUT2D eigenvalue weighted by molar-refractivity contribution is -0.149. The Morgan fingerprint density at radius 2 is 2.18 bits per heavy atom. The zero-order chi connectivity index (χ0) is 13.1. The van der Waals surface area contributed by atoms with Gasteiger partial charge in [-0.1, -0.05) is 0 Å². The first-order valence-electron chi connectivity index (χ1n) is 4.81. The quantitative estimate of drug-likeness (QED) is 0.875. The topological polar surface area (TPSA) is 59.7 Å². The minimum Gasteiger partial charge on any atom is -0.475 e. The number of rotatable bonds is 5. The van der Waals surface area contributed by atoms with Crippen molar-refractivity contribution in [2.24, 2.45) is 0 Å². The van der Waals surface area contributed by atoms with Crippen LogP contribution in [0.25, 0.3) is 0 Å². The fraction of sp³-hybridized carbons (Fsp3) is 0.500. The van der Waals surface area contributed by atoms with E-state index in [1.165, 1.54) is 19.1 Å². The van der Waals surface area contributed by atoms with E-state index in [-0.39, 0.29) is 11.5 Å². The fourth-order valence-corrected chi connectivity index (χ4v) is 1.12.